The van der Waals surface area contributed by atoms with Crippen molar-refractivity contribution in [2.75, 3.05) is 36.4 Å². The highest BCUT2D eigenvalue weighted by molar-refractivity contribution is 6.09. The van der Waals surface area contributed by atoms with Crippen molar-refractivity contribution in [3.05, 3.63) is 47.9 Å². The molecule has 0 bridgehead atoms. The molecule has 0 saturated carbocycles. The van der Waals surface area contributed by atoms with Crippen LogP contribution in [0.3, 0.4) is 0 Å². The number of benzene rings is 1. The van der Waals surface area contributed by atoms with E-state index in [1.807, 2.05) is 19.1 Å². The van der Waals surface area contributed by atoms with Crippen molar-refractivity contribution in [2.24, 2.45) is 5.73 Å². The van der Waals surface area contributed by atoms with Gasteiger partial charge in [-0.3, -0.25) is 14.5 Å². The molecule has 5 rings (SSSR count). The van der Waals surface area contributed by atoms with Crippen LogP contribution in [0.15, 0.2) is 36.8 Å². The summed E-state index contributed by atoms with van der Waals surface area (Å²) in [5.74, 6) is 0.245. The van der Waals surface area contributed by atoms with E-state index in [2.05, 4.69) is 39.0 Å². The van der Waals surface area contributed by atoms with E-state index < -0.39 is 0 Å². The first-order chi connectivity index (χ1) is 16.2. The van der Waals surface area contributed by atoms with Gasteiger partial charge in [0.15, 0.2) is 5.65 Å². The molecule has 34 heavy (non-hydrogen) atoms. The number of nitrogens with two attached hydrogens (primary N) is 1. The fourth-order valence-corrected chi connectivity index (χ4v) is 4.71. The van der Waals surface area contributed by atoms with Gasteiger partial charge in [0.1, 0.15) is 16.9 Å². The average Bonchev–Trinajstić information content (AvgIpc) is 3.37. The average molecular weight is 464 g/mol. The molecule has 1 atom stereocenters. The molecule has 0 spiro atoms. The molecule has 3 N–H and O–H groups in total. The van der Waals surface area contributed by atoms with Gasteiger partial charge >= 0.3 is 0 Å². The van der Waals surface area contributed by atoms with Crippen LogP contribution in [0.5, 0.6) is 5.75 Å². The Morgan fingerprint density at radius 2 is 1.97 bits per heavy atom. The van der Waals surface area contributed by atoms with Crippen LogP contribution in [0.25, 0.3) is 5.65 Å². The quantitative estimate of drug-likeness (QED) is 0.591. The van der Waals surface area contributed by atoms with Gasteiger partial charge in [-0.25, -0.2) is 9.50 Å². The van der Waals surface area contributed by atoms with Crippen LogP contribution in [0.2, 0.25) is 0 Å². The Morgan fingerprint density at radius 3 is 2.71 bits per heavy atom. The summed E-state index contributed by atoms with van der Waals surface area (Å²) in [5, 5.41) is 7.32. The number of primary amides is 1. The molecule has 0 aliphatic carbocycles. The Kier molecular flexibility index (Phi) is 5.40. The Bertz CT molecular complexity index is 1260. The van der Waals surface area contributed by atoms with Crippen LogP contribution in [-0.4, -0.2) is 69.1 Å². The zero-order valence-electron chi connectivity index (χ0n) is 19.6. The Morgan fingerprint density at radius 1 is 1.21 bits per heavy atom. The molecule has 1 fully saturated rings. The second-order valence-corrected chi connectivity index (χ2v) is 9.52. The van der Waals surface area contributed by atoms with Crippen LogP contribution in [0.4, 0.5) is 11.4 Å². The molecule has 3 aromatic rings. The summed E-state index contributed by atoms with van der Waals surface area (Å²) in [5.41, 5.74) is 8.77. The molecule has 2 aliphatic heterocycles. The number of carbonyl (C=O) groups is 2. The molecule has 178 valence electrons. The molecule has 1 aromatic carbocycles. The second-order valence-electron chi connectivity index (χ2n) is 9.52. The fraction of sp³-hybridized carbons (Fsp3) is 0.417. The van der Waals surface area contributed by atoms with Gasteiger partial charge in [-0.1, -0.05) is 0 Å². The molecule has 0 radical (unpaired) electrons. The van der Waals surface area contributed by atoms with E-state index >= 15 is 0 Å². The smallest absolute Gasteiger partial charge is 0.261 e. The Hall–Kier alpha value is -3.66. The standard InChI is InChI=1S/C24H29N7O3/c1-15(21(25)32)29-7-9-30(10-8-29)19-12-20-16(13-24(2,3)34-20)11-18(19)28-23(33)17-14-27-31-6-4-5-26-22(17)31/h4-6,11-12,14-15H,7-10,13H2,1-3H3,(H2,25,32)(H,28,33)/t15-/m1/s1. The minimum atomic E-state index is -0.323. The zero-order valence-corrected chi connectivity index (χ0v) is 19.6. The van der Waals surface area contributed by atoms with E-state index in [0.29, 0.717) is 37.4 Å². The molecule has 4 heterocycles. The summed E-state index contributed by atoms with van der Waals surface area (Å²) in [6.45, 7) is 8.72. The maximum atomic E-state index is 13.3. The number of ether oxygens (including phenoxy) is 1. The van der Waals surface area contributed by atoms with Gasteiger partial charge in [0.05, 0.1) is 23.6 Å². The number of aromatic nitrogens is 3. The third kappa shape index (κ3) is 4.05. The highest BCUT2D eigenvalue weighted by Crippen LogP contribution is 2.42. The lowest BCUT2D eigenvalue weighted by atomic mass is 10.0. The second kappa shape index (κ2) is 8.28. The van der Waals surface area contributed by atoms with Crippen molar-refractivity contribution >= 4 is 28.8 Å². The highest BCUT2D eigenvalue weighted by atomic mass is 16.5. The number of carbonyl (C=O) groups excluding carboxylic acids is 2. The first kappa shape index (κ1) is 22.1. The summed E-state index contributed by atoms with van der Waals surface area (Å²) in [6.07, 6.45) is 5.68. The van der Waals surface area contributed by atoms with Gasteiger partial charge in [0, 0.05) is 56.6 Å². The predicted octanol–water partition coefficient (Wildman–Crippen LogP) is 1.69. The highest BCUT2D eigenvalue weighted by Gasteiger charge is 2.33. The monoisotopic (exact) mass is 463 g/mol. The topological polar surface area (TPSA) is 118 Å². The van der Waals surface area contributed by atoms with Gasteiger partial charge in [0.25, 0.3) is 5.91 Å². The molecule has 2 aromatic heterocycles. The first-order valence-electron chi connectivity index (χ1n) is 11.5. The third-order valence-electron chi connectivity index (χ3n) is 6.57. The van der Waals surface area contributed by atoms with Gasteiger partial charge < -0.3 is 20.7 Å². The van der Waals surface area contributed by atoms with E-state index in [1.165, 1.54) is 6.20 Å². The first-order valence-corrected chi connectivity index (χ1v) is 11.5. The van der Waals surface area contributed by atoms with E-state index in [1.54, 1.807) is 23.0 Å². The molecule has 0 unspecified atom stereocenters. The fourth-order valence-electron chi connectivity index (χ4n) is 4.71. The number of hydrogen-bond acceptors (Lipinski definition) is 7. The summed E-state index contributed by atoms with van der Waals surface area (Å²) in [7, 11) is 0. The molecule has 1 saturated heterocycles. The number of anilines is 2. The summed E-state index contributed by atoms with van der Waals surface area (Å²) in [4.78, 5) is 33.5. The van der Waals surface area contributed by atoms with E-state index in [4.69, 9.17) is 10.5 Å². The van der Waals surface area contributed by atoms with Crippen LogP contribution < -0.4 is 20.7 Å². The minimum absolute atomic E-state index is 0.269. The Balaban J connectivity index is 1.45. The zero-order chi connectivity index (χ0) is 24.0. The summed E-state index contributed by atoms with van der Waals surface area (Å²) in [6, 6.07) is 5.48. The molecule has 10 heteroatoms. The SMILES string of the molecule is C[C@H](C(N)=O)N1CCN(c2cc3c(cc2NC(=O)c2cnn4cccnc24)CC(C)(C)O3)CC1. The maximum absolute atomic E-state index is 13.3. The van der Waals surface area contributed by atoms with Gasteiger partial charge in [0.2, 0.25) is 5.91 Å². The van der Waals surface area contributed by atoms with Crippen LogP contribution in [-0.2, 0) is 11.2 Å². The lowest BCUT2D eigenvalue weighted by molar-refractivity contribution is -0.122. The summed E-state index contributed by atoms with van der Waals surface area (Å²) >= 11 is 0. The van der Waals surface area contributed by atoms with E-state index in [9.17, 15) is 9.59 Å². The summed E-state index contributed by atoms with van der Waals surface area (Å²) < 4.78 is 7.75. The Labute approximate surface area is 197 Å². The van der Waals surface area contributed by atoms with Gasteiger partial charge in [-0.05, 0) is 32.9 Å². The number of fused-ring (bicyclic) bond motifs is 2. The minimum Gasteiger partial charge on any atom is -0.487 e. The molecule has 2 aliphatic rings. The number of rotatable bonds is 5. The van der Waals surface area contributed by atoms with Crippen LogP contribution in [0, 0.1) is 0 Å². The van der Waals surface area contributed by atoms with Gasteiger partial charge in [-0.2, -0.15) is 5.10 Å². The van der Waals surface area contributed by atoms with Crippen molar-refractivity contribution in [1.82, 2.24) is 19.5 Å². The lowest BCUT2D eigenvalue weighted by Gasteiger charge is -2.38. The number of piperazine rings is 1. The van der Waals surface area contributed by atoms with Gasteiger partial charge in [-0.15, -0.1) is 0 Å². The lowest BCUT2D eigenvalue weighted by Crippen LogP contribution is -2.53. The van der Waals surface area contributed by atoms with Crippen molar-refractivity contribution < 1.29 is 14.3 Å². The maximum Gasteiger partial charge on any atom is 0.261 e. The van der Waals surface area contributed by atoms with Crippen molar-refractivity contribution in [3.63, 3.8) is 0 Å². The van der Waals surface area contributed by atoms with Crippen LogP contribution in [0.1, 0.15) is 36.7 Å². The molecule has 2 amide bonds. The van der Waals surface area contributed by atoms with Crippen molar-refractivity contribution in [3.8, 4) is 5.75 Å². The largest absolute Gasteiger partial charge is 0.487 e. The van der Waals surface area contributed by atoms with Crippen LogP contribution >= 0.6 is 0 Å². The molecular formula is C24H29N7O3. The third-order valence-corrected chi connectivity index (χ3v) is 6.57. The number of amides is 2. The number of nitrogens with zero attached hydrogens (tertiary/aromatic N) is 5. The van der Waals surface area contributed by atoms with Crippen molar-refractivity contribution in [1.29, 1.82) is 0 Å². The molecule has 10 nitrogen and oxygen atoms in total. The van der Waals surface area contributed by atoms with Crippen molar-refractivity contribution in [2.45, 2.75) is 38.8 Å². The normalized spacial score (nSPS) is 18.4. The predicted molar refractivity (Wildman–Crippen MR) is 128 cm³/mol. The molecular weight excluding hydrogens is 434 g/mol. The number of nitrogens with one attached hydrogen (secondary N) is 1. The van der Waals surface area contributed by atoms with E-state index in [-0.39, 0.29) is 23.5 Å². The van der Waals surface area contributed by atoms with E-state index in [0.717, 1.165) is 29.1 Å². The number of hydrogen-bond donors (Lipinski definition) is 2.